The number of H-pyrrole nitrogens is 1. The first-order chi connectivity index (χ1) is 18.5. The van der Waals surface area contributed by atoms with Gasteiger partial charge in [-0.05, 0) is 86.4 Å². The van der Waals surface area contributed by atoms with Crippen LogP contribution >= 0.6 is 0 Å². The minimum atomic E-state index is -0.327. The molecule has 2 fully saturated rings. The first-order valence-corrected chi connectivity index (χ1v) is 14.3. The first-order valence-electron chi connectivity index (χ1n) is 14.3. The van der Waals surface area contributed by atoms with Crippen LogP contribution in [0.15, 0.2) is 65.9 Å². The van der Waals surface area contributed by atoms with Crippen LogP contribution in [-0.2, 0) is 11.3 Å². The molecular formula is C33H36N4O. The summed E-state index contributed by atoms with van der Waals surface area (Å²) in [4.78, 5) is 15.6. The number of hydrogen-bond donors (Lipinski definition) is 2. The average Bonchev–Trinajstić information content (AvgIpc) is 3.46. The van der Waals surface area contributed by atoms with Gasteiger partial charge in [-0.2, -0.15) is 5.10 Å². The molecule has 38 heavy (non-hydrogen) atoms. The minimum absolute atomic E-state index is 0.179. The van der Waals surface area contributed by atoms with Gasteiger partial charge in [0.05, 0.1) is 16.6 Å². The highest BCUT2D eigenvalue weighted by molar-refractivity contribution is 5.97. The molecular weight excluding hydrogens is 468 g/mol. The van der Waals surface area contributed by atoms with E-state index in [1.54, 1.807) is 0 Å². The number of allylic oxidation sites excluding steroid dienone is 2. The Bertz CT molecular complexity index is 1480. The maximum atomic E-state index is 12.9. The second-order valence-electron chi connectivity index (χ2n) is 11.8. The highest BCUT2D eigenvalue weighted by atomic mass is 16.2. The lowest BCUT2D eigenvalue weighted by atomic mass is 9.86. The van der Waals surface area contributed by atoms with Gasteiger partial charge in [0.25, 0.3) is 0 Å². The van der Waals surface area contributed by atoms with Gasteiger partial charge < -0.3 is 5.32 Å². The summed E-state index contributed by atoms with van der Waals surface area (Å²) in [6.07, 6.45) is 15.4. The van der Waals surface area contributed by atoms with E-state index in [9.17, 15) is 4.79 Å². The fourth-order valence-corrected chi connectivity index (χ4v) is 7.17. The van der Waals surface area contributed by atoms with Crippen LogP contribution in [0.25, 0.3) is 23.1 Å². The summed E-state index contributed by atoms with van der Waals surface area (Å²) in [6, 6.07) is 16.8. The lowest BCUT2D eigenvalue weighted by Crippen LogP contribution is -2.42. The van der Waals surface area contributed by atoms with Gasteiger partial charge in [0.15, 0.2) is 0 Å². The number of nitrogens with one attached hydrogen (secondary N) is 2. The van der Waals surface area contributed by atoms with E-state index in [2.05, 4.69) is 101 Å². The van der Waals surface area contributed by atoms with Gasteiger partial charge in [0.2, 0.25) is 5.91 Å². The molecule has 4 atom stereocenters. The van der Waals surface area contributed by atoms with Crippen molar-refractivity contribution in [3.8, 4) is 0 Å². The quantitative estimate of drug-likeness (QED) is 0.406. The molecule has 2 aliphatic carbocycles. The molecule has 5 heteroatoms. The SMILES string of the molecule is C[C@@H]1CCC[C@H](C)N1Cc1ccc(/C=C/c2n[nH]c3cc([C@@H]4C[C@@]45C(=O)NC4=C5CCC=C4)ccc23)cc1. The highest BCUT2D eigenvalue weighted by Gasteiger charge is 2.65. The molecule has 1 aromatic heterocycles. The van der Waals surface area contributed by atoms with Crippen molar-refractivity contribution in [3.63, 3.8) is 0 Å². The van der Waals surface area contributed by atoms with Gasteiger partial charge in [-0.1, -0.05) is 55.0 Å². The molecule has 2 aliphatic heterocycles. The Morgan fingerprint density at radius 3 is 2.71 bits per heavy atom. The normalized spacial score (nSPS) is 29.0. The zero-order valence-corrected chi connectivity index (χ0v) is 22.3. The summed E-state index contributed by atoms with van der Waals surface area (Å²) in [5.41, 5.74) is 7.78. The Morgan fingerprint density at radius 2 is 1.89 bits per heavy atom. The summed E-state index contributed by atoms with van der Waals surface area (Å²) in [5, 5.41) is 12.1. The molecule has 3 aromatic rings. The molecule has 4 aliphatic rings. The third-order valence-corrected chi connectivity index (χ3v) is 9.50. The lowest BCUT2D eigenvalue weighted by Gasteiger charge is -2.39. The number of carbonyl (C=O) groups excluding carboxylic acids is 1. The van der Waals surface area contributed by atoms with Crippen molar-refractivity contribution in [1.82, 2.24) is 20.4 Å². The van der Waals surface area contributed by atoms with Crippen molar-refractivity contribution in [1.29, 1.82) is 0 Å². The zero-order valence-electron chi connectivity index (χ0n) is 22.3. The maximum absolute atomic E-state index is 12.9. The Hall–Kier alpha value is -3.44. The predicted octanol–water partition coefficient (Wildman–Crippen LogP) is 6.70. The molecule has 3 heterocycles. The van der Waals surface area contributed by atoms with Crippen molar-refractivity contribution in [2.75, 3.05) is 0 Å². The van der Waals surface area contributed by atoms with Crippen molar-refractivity contribution in [2.24, 2.45) is 5.41 Å². The summed E-state index contributed by atoms with van der Waals surface area (Å²) >= 11 is 0. The van der Waals surface area contributed by atoms with E-state index in [4.69, 9.17) is 0 Å². The van der Waals surface area contributed by atoms with Gasteiger partial charge in [-0.25, -0.2) is 0 Å². The monoisotopic (exact) mass is 504 g/mol. The van der Waals surface area contributed by atoms with Gasteiger partial charge in [0.1, 0.15) is 0 Å². The number of hydrogen-bond acceptors (Lipinski definition) is 3. The fourth-order valence-electron chi connectivity index (χ4n) is 7.17. The van der Waals surface area contributed by atoms with Crippen LogP contribution in [0.1, 0.15) is 80.7 Å². The van der Waals surface area contributed by atoms with Gasteiger partial charge in [-0.3, -0.25) is 14.8 Å². The molecule has 0 bridgehead atoms. The van der Waals surface area contributed by atoms with E-state index in [1.807, 2.05) is 0 Å². The fraction of sp³-hybridized carbons (Fsp3) is 0.394. The number of amides is 1. The third-order valence-electron chi connectivity index (χ3n) is 9.50. The smallest absolute Gasteiger partial charge is 0.235 e. The molecule has 5 nitrogen and oxygen atoms in total. The summed E-state index contributed by atoms with van der Waals surface area (Å²) in [5.74, 6) is 0.431. The van der Waals surface area contributed by atoms with E-state index in [1.165, 1.54) is 41.5 Å². The highest BCUT2D eigenvalue weighted by Crippen LogP contribution is 2.67. The van der Waals surface area contributed by atoms with Crippen LogP contribution in [-0.4, -0.2) is 33.1 Å². The third kappa shape index (κ3) is 3.87. The second-order valence-corrected chi connectivity index (χ2v) is 11.8. The topological polar surface area (TPSA) is 61.0 Å². The second kappa shape index (κ2) is 9.09. The number of rotatable bonds is 5. The van der Waals surface area contributed by atoms with Crippen molar-refractivity contribution in [2.45, 2.75) is 76.9 Å². The van der Waals surface area contributed by atoms with Crippen LogP contribution in [0.3, 0.4) is 0 Å². The molecule has 1 saturated heterocycles. The van der Waals surface area contributed by atoms with E-state index < -0.39 is 0 Å². The molecule has 2 N–H and O–H groups in total. The number of piperidine rings is 1. The van der Waals surface area contributed by atoms with Crippen LogP contribution in [0.5, 0.6) is 0 Å². The molecule has 2 aromatic carbocycles. The van der Waals surface area contributed by atoms with Crippen molar-refractivity contribution >= 4 is 29.0 Å². The minimum Gasteiger partial charge on any atom is -0.325 e. The van der Waals surface area contributed by atoms with Crippen LogP contribution < -0.4 is 5.32 Å². The zero-order chi connectivity index (χ0) is 25.9. The van der Waals surface area contributed by atoms with Gasteiger partial charge in [-0.15, -0.1) is 0 Å². The largest absolute Gasteiger partial charge is 0.325 e. The summed E-state index contributed by atoms with van der Waals surface area (Å²) in [7, 11) is 0. The summed E-state index contributed by atoms with van der Waals surface area (Å²) < 4.78 is 0. The van der Waals surface area contributed by atoms with Crippen LogP contribution in [0.2, 0.25) is 0 Å². The van der Waals surface area contributed by atoms with Gasteiger partial charge >= 0.3 is 0 Å². The van der Waals surface area contributed by atoms with Crippen molar-refractivity contribution < 1.29 is 4.79 Å². The molecule has 1 amide bonds. The summed E-state index contributed by atoms with van der Waals surface area (Å²) in [6.45, 7) is 5.75. The molecule has 7 rings (SSSR count). The van der Waals surface area contributed by atoms with E-state index in [-0.39, 0.29) is 17.2 Å². The predicted molar refractivity (Wildman–Crippen MR) is 153 cm³/mol. The molecule has 0 radical (unpaired) electrons. The van der Waals surface area contributed by atoms with E-state index in [0.29, 0.717) is 12.1 Å². The van der Waals surface area contributed by atoms with Crippen molar-refractivity contribution in [3.05, 3.63) is 88.3 Å². The number of benzene rings is 2. The number of nitrogens with zero attached hydrogens (tertiary/aromatic N) is 2. The molecule has 0 unspecified atom stereocenters. The Labute approximate surface area is 224 Å². The number of aromatic amines is 1. The molecule has 194 valence electrons. The number of aromatic nitrogens is 2. The number of carbonyl (C=O) groups is 1. The number of likely N-dealkylation sites (tertiary alicyclic amines) is 1. The maximum Gasteiger partial charge on any atom is 0.235 e. The Kier molecular flexibility index (Phi) is 5.66. The molecule has 1 spiro atoms. The van der Waals surface area contributed by atoms with E-state index in [0.717, 1.165) is 48.1 Å². The van der Waals surface area contributed by atoms with Crippen LogP contribution in [0.4, 0.5) is 0 Å². The Morgan fingerprint density at radius 1 is 1.08 bits per heavy atom. The molecule has 1 saturated carbocycles. The lowest BCUT2D eigenvalue weighted by molar-refractivity contribution is -0.123. The Balaban J connectivity index is 1.06. The van der Waals surface area contributed by atoms with E-state index >= 15 is 0 Å². The average molecular weight is 505 g/mol. The standard InChI is InChI=1S/C33H36N4O/c1-21-6-5-7-22(2)37(21)20-24-12-10-23(11-13-24)14-17-29-26-16-15-25(18-31(26)36-35-29)28-19-33(28)27-8-3-4-9-30(27)34-32(33)38/h4,9-18,21-22,28H,3,5-8,19-20H2,1-2H3,(H,34,38)(H,35,36)/b17-14+/t21-,22+,28-,33-/m0/s1. The van der Waals surface area contributed by atoms with Gasteiger partial charge in [0, 0.05) is 35.6 Å². The number of fused-ring (bicyclic) bond motifs is 2. The van der Waals surface area contributed by atoms with Crippen LogP contribution in [0, 0.1) is 5.41 Å². The first kappa shape index (κ1) is 23.7.